The Balaban J connectivity index is 1.86. The third-order valence-corrected chi connectivity index (χ3v) is 5.82. The summed E-state index contributed by atoms with van der Waals surface area (Å²) in [6.07, 6.45) is 4.92. The Bertz CT molecular complexity index is 1460. The van der Waals surface area contributed by atoms with Crippen molar-refractivity contribution in [2.45, 2.75) is 4.90 Å². The summed E-state index contributed by atoms with van der Waals surface area (Å²) >= 11 is 0. The van der Waals surface area contributed by atoms with Crippen LogP contribution in [0.5, 0.6) is 0 Å². The molecule has 3 aromatic rings. The van der Waals surface area contributed by atoms with E-state index in [1.807, 2.05) is 30.3 Å². The zero-order chi connectivity index (χ0) is 24.3. The first kappa shape index (κ1) is 22.8. The lowest BCUT2D eigenvalue weighted by Crippen LogP contribution is -2.34. The van der Waals surface area contributed by atoms with E-state index in [1.54, 1.807) is 42.5 Å². The summed E-state index contributed by atoms with van der Waals surface area (Å²) in [6.45, 7) is 0. The molecular formula is C25H18N2O6S. The second kappa shape index (κ2) is 9.26. The van der Waals surface area contributed by atoms with Crippen molar-refractivity contribution in [2.75, 3.05) is 4.90 Å². The fraction of sp³-hybridized carbons (Fsp3) is 0. The predicted octanol–water partition coefficient (Wildman–Crippen LogP) is 4.02. The standard InChI is InChI=1S/C25H18N2O6S/c28-24-21(13-7-10-17-8-3-1-4-9-17)26-23(18-11-5-2-6-12-18)27(24)22-16-19(34(31,32)33)14-15-20(22)25(29)30/h1-16H,(H,29,30)(H,31,32,33)/b10-7+,21-13-. The van der Waals surface area contributed by atoms with Gasteiger partial charge in [0.15, 0.2) is 0 Å². The monoisotopic (exact) mass is 474 g/mol. The lowest BCUT2D eigenvalue weighted by atomic mass is 10.1. The van der Waals surface area contributed by atoms with E-state index in [2.05, 4.69) is 4.99 Å². The van der Waals surface area contributed by atoms with Gasteiger partial charge in [0.05, 0.1) is 16.1 Å². The number of carbonyl (C=O) groups is 2. The molecule has 0 fully saturated rings. The molecule has 0 bridgehead atoms. The van der Waals surface area contributed by atoms with Crippen molar-refractivity contribution in [1.29, 1.82) is 0 Å². The summed E-state index contributed by atoms with van der Waals surface area (Å²) < 4.78 is 32.9. The van der Waals surface area contributed by atoms with E-state index >= 15 is 0 Å². The summed E-state index contributed by atoms with van der Waals surface area (Å²) in [4.78, 5) is 30.2. The highest BCUT2D eigenvalue weighted by atomic mass is 32.2. The van der Waals surface area contributed by atoms with Gasteiger partial charge in [0.2, 0.25) is 0 Å². The van der Waals surface area contributed by atoms with Crippen LogP contribution in [0, 0.1) is 0 Å². The van der Waals surface area contributed by atoms with E-state index < -0.39 is 26.9 Å². The molecule has 1 heterocycles. The van der Waals surface area contributed by atoms with Crippen molar-refractivity contribution in [3.63, 3.8) is 0 Å². The van der Waals surface area contributed by atoms with E-state index in [0.717, 1.165) is 28.7 Å². The molecule has 9 heteroatoms. The quantitative estimate of drug-likeness (QED) is 0.411. The molecule has 0 aliphatic carbocycles. The number of rotatable bonds is 6. The number of allylic oxidation sites excluding steroid dienone is 2. The topological polar surface area (TPSA) is 124 Å². The Labute approximate surface area is 195 Å². The van der Waals surface area contributed by atoms with Gasteiger partial charge in [-0.3, -0.25) is 14.2 Å². The number of anilines is 1. The van der Waals surface area contributed by atoms with Crippen molar-refractivity contribution in [2.24, 2.45) is 4.99 Å². The molecule has 4 rings (SSSR count). The maximum atomic E-state index is 13.4. The molecule has 0 saturated heterocycles. The van der Waals surface area contributed by atoms with Gasteiger partial charge < -0.3 is 5.11 Å². The van der Waals surface area contributed by atoms with Crippen molar-refractivity contribution in [1.82, 2.24) is 0 Å². The molecule has 8 nitrogen and oxygen atoms in total. The van der Waals surface area contributed by atoms with Crippen LogP contribution in [-0.2, 0) is 14.9 Å². The smallest absolute Gasteiger partial charge is 0.337 e. The molecule has 1 aliphatic heterocycles. The Morgan fingerprint density at radius 2 is 1.59 bits per heavy atom. The number of carboxylic acid groups (broad SMARTS) is 1. The van der Waals surface area contributed by atoms with Crippen LogP contribution >= 0.6 is 0 Å². The molecular weight excluding hydrogens is 456 g/mol. The number of amides is 1. The molecule has 34 heavy (non-hydrogen) atoms. The summed E-state index contributed by atoms with van der Waals surface area (Å²) in [7, 11) is -4.65. The summed E-state index contributed by atoms with van der Waals surface area (Å²) in [5, 5.41) is 9.68. The third kappa shape index (κ3) is 4.70. The molecule has 1 aliphatic rings. The van der Waals surface area contributed by atoms with E-state index in [-0.39, 0.29) is 22.8 Å². The van der Waals surface area contributed by atoms with Gasteiger partial charge in [0.1, 0.15) is 11.5 Å². The third-order valence-electron chi connectivity index (χ3n) is 4.97. The minimum Gasteiger partial charge on any atom is -0.478 e. The van der Waals surface area contributed by atoms with Gasteiger partial charge in [-0.25, -0.2) is 9.79 Å². The summed E-state index contributed by atoms with van der Waals surface area (Å²) in [5.41, 5.74) is 0.888. The Morgan fingerprint density at radius 3 is 2.21 bits per heavy atom. The van der Waals surface area contributed by atoms with Gasteiger partial charge in [-0.15, -0.1) is 0 Å². The average molecular weight is 474 g/mol. The first-order valence-corrected chi connectivity index (χ1v) is 11.5. The van der Waals surface area contributed by atoms with Gasteiger partial charge in [-0.1, -0.05) is 72.8 Å². The number of aromatic carboxylic acids is 1. The van der Waals surface area contributed by atoms with Crippen molar-refractivity contribution in [3.8, 4) is 0 Å². The normalized spacial score (nSPS) is 15.2. The number of amidine groups is 1. The van der Waals surface area contributed by atoms with Crippen LogP contribution in [0.15, 0.2) is 107 Å². The maximum Gasteiger partial charge on any atom is 0.337 e. The zero-order valence-corrected chi connectivity index (χ0v) is 18.4. The van der Waals surface area contributed by atoms with Crippen LogP contribution in [0.3, 0.4) is 0 Å². The molecule has 170 valence electrons. The van der Waals surface area contributed by atoms with E-state index in [9.17, 15) is 27.7 Å². The Morgan fingerprint density at radius 1 is 0.941 bits per heavy atom. The number of benzene rings is 3. The molecule has 0 aromatic heterocycles. The second-order valence-electron chi connectivity index (χ2n) is 7.22. The molecule has 0 spiro atoms. The lowest BCUT2D eigenvalue weighted by Gasteiger charge is -2.21. The largest absolute Gasteiger partial charge is 0.478 e. The molecule has 0 radical (unpaired) electrons. The van der Waals surface area contributed by atoms with Gasteiger partial charge in [0.25, 0.3) is 16.0 Å². The fourth-order valence-corrected chi connectivity index (χ4v) is 3.89. The highest BCUT2D eigenvalue weighted by molar-refractivity contribution is 7.85. The van der Waals surface area contributed by atoms with Crippen LogP contribution in [0.1, 0.15) is 21.5 Å². The zero-order valence-electron chi connectivity index (χ0n) is 17.6. The van der Waals surface area contributed by atoms with Gasteiger partial charge >= 0.3 is 5.97 Å². The SMILES string of the molecule is O=C(O)c1ccc(S(=O)(=O)O)cc1N1C(=O)/C(=C/C=C/c2ccccc2)N=C1c1ccccc1. The van der Waals surface area contributed by atoms with Crippen LogP contribution < -0.4 is 4.90 Å². The van der Waals surface area contributed by atoms with Crippen molar-refractivity contribution < 1.29 is 27.7 Å². The molecule has 2 N–H and O–H groups in total. The number of nitrogens with zero attached hydrogens (tertiary/aromatic N) is 2. The van der Waals surface area contributed by atoms with E-state index in [0.29, 0.717) is 5.56 Å². The number of hydrogen-bond donors (Lipinski definition) is 2. The number of hydrogen-bond acceptors (Lipinski definition) is 5. The molecule has 0 atom stereocenters. The van der Waals surface area contributed by atoms with Gasteiger partial charge in [-0.2, -0.15) is 8.42 Å². The van der Waals surface area contributed by atoms with Crippen LogP contribution in [0.2, 0.25) is 0 Å². The average Bonchev–Trinajstić information content (AvgIpc) is 3.15. The summed E-state index contributed by atoms with van der Waals surface area (Å²) in [6, 6.07) is 20.9. The van der Waals surface area contributed by atoms with Crippen LogP contribution in [0.25, 0.3) is 6.08 Å². The van der Waals surface area contributed by atoms with Crippen molar-refractivity contribution in [3.05, 3.63) is 113 Å². The fourth-order valence-electron chi connectivity index (χ4n) is 3.39. The highest BCUT2D eigenvalue weighted by Gasteiger charge is 2.35. The minimum atomic E-state index is -4.65. The van der Waals surface area contributed by atoms with Gasteiger partial charge in [0, 0.05) is 5.56 Å². The second-order valence-corrected chi connectivity index (χ2v) is 8.64. The summed E-state index contributed by atoms with van der Waals surface area (Å²) in [5.74, 6) is -1.90. The van der Waals surface area contributed by atoms with Crippen LogP contribution in [-0.4, -0.2) is 35.8 Å². The van der Waals surface area contributed by atoms with E-state index in [1.165, 1.54) is 6.08 Å². The lowest BCUT2D eigenvalue weighted by molar-refractivity contribution is -0.113. The van der Waals surface area contributed by atoms with Crippen LogP contribution in [0.4, 0.5) is 5.69 Å². The molecule has 0 unspecified atom stereocenters. The molecule has 3 aromatic carbocycles. The number of aliphatic imine (C=N–C) groups is 1. The molecule has 1 amide bonds. The Hall–Kier alpha value is -4.34. The number of carboxylic acids is 1. The molecule has 0 saturated carbocycles. The maximum absolute atomic E-state index is 13.4. The first-order valence-electron chi connectivity index (χ1n) is 10.0. The first-order chi connectivity index (χ1) is 16.3. The van der Waals surface area contributed by atoms with Crippen molar-refractivity contribution >= 4 is 39.6 Å². The Kier molecular flexibility index (Phi) is 6.22. The van der Waals surface area contributed by atoms with E-state index in [4.69, 9.17) is 0 Å². The predicted molar refractivity (Wildman–Crippen MR) is 127 cm³/mol. The van der Waals surface area contributed by atoms with Gasteiger partial charge in [-0.05, 0) is 29.8 Å². The number of carbonyl (C=O) groups excluding carboxylic acids is 1. The highest BCUT2D eigenvalue weighted by Crippen LogP contribution is 2.32. The minimum absolute atomic E-state index is 0.0274.